The van der Waals surface area contributed by atoms with Gasteiger partial charge >= 0.3 is 5.97 Å². The molecule has 0 aromatic heterocycles. The van der Waals surface area contributed by atoms with Crippen LogP contribution in [0.4, 0.5) is 0 Å². The Balaban J connectivity index is 2.55. The van der Waals surface area contributed by atoms with Crippen LogP contribution in [0.25, 0.3) is 0 Å². The SMILES string of the molecule is CCC(N)C(CC(=O)OC)C1CCCO1. The summed E-state index contributed by atoms with van der Waals surface area (Å²) in [6, 6.07) is 0.0206. The second-order valence-electron chi connectivity index (χ2n) is 4.07. The first-order valence-electron chi connectivity index (χ1n) is 5.63. The summed E-state index contributed by atoms with van der Waals surface area (Å²) in [5.74, 6) is -0.0932. The van der Waals surface area contributed by atoms with Gasteiger partial charge in [0, 0.05) is 18.6 Å². The summed E-state index contributed by atoms with van der Waals surface area (Å²) in [4.78, 5) is 11.3. The van der Waals surface area contributed by atoms with Crippen LogP contribution >= 0.6 is 0 Å². The summed E-state index contributed by atoms with van der Waals surface area (Å²) >= 11 is 0. The summed E-state index contributed by atoms with van der Waals surface area (Å²) in [5.41, 5.74) is 6.01. The molecule has 0 aromatic carbocycles. The number of hydrogen-bond acceptors (Lipinski definition) is 4. The molecule has 0 bridgehead atoms. The molecule has 88 valence electrons. The van der Waals surface area contributed by atoms with Crippen molar-refractivity contribution in [1.82, 2.24) is 0 Å². The summed E-state index contributed by atoms with van der Waals surface area (Å²) in [6.07, 6.45) is 3.45. The normalized spacial score (nSPS) is 24.9. The van der Waals surface area contributed by atoms with E-state index in [2.05, 4.69) is 4.74 Å². The van der Waals surface area contributed by atoms with Crippen molar-refractivity contribution in [3.8, 4) is 0 Å². The predicted octanol–water partition coefficient (Wildman–Crippen LogP) is 1.08. The maximum Gasteiger partial charge on any atom is 0.305 e. The molecule has 0 aromatic rings. The molecule has 4 nitrogen and oxygen atoms in total. The Labute approximate surface area is 91.1 Å². The first-order valence-corrected chi connectivity index (χ1v) is 5.63. The number of ether oxygens (including phenoxy) is 2. The summed E-state index contributed by atoms with van der Waals surface area (Å²) in [7, 11) is 1.41. The van der Waals surface area contributed by atoms with E-state index in [0.717, 1.165) is 25.9 Å². The first-order chi connectivity index (χ1) is 7.19. The molecule has 3 atom stereocenters. The average molecular weight is 215 g/mol. The molecular weight excluding hydrogens is 194 g/mol. The Hall–Kier alpha value is -0.610. The Morgan fingerprint density at radius 1 is 1.67 bits per heavy atom. The number of carbonyl (C=O) groups excluding carboxylic acids is 1. The summed E-state index contributed by atoms with van der Waals surface area (Å²) < 4.78 is 10.3. The number of carbonyl (C=O) groups is 1. The topological polar surface area (TPSA) is 61.6 Å². The smallest absolute Gasteiger partial charge is 0.305 e. The van der Waals surface area contributed by atoms with E-state index in [0.29, 0.717) is 6.42 Å². The van der Waals surface area contributed by atoms with Gasteiger partial charge in [-0.25, -0.2) is 0 Å². The van der Waals surface area contributed by atoms with E-state index < -0.39 is 0 Å². The van der Waals surface area contributed by atoms with Gasteiger partial charge in [0.25, 0.3) is 0 Å². The van der Waals surface area contributed by atoms with E-state index in [-0.39, 0.29) is 24.0 Å². The molecule has 1 aliphatic rings. The number of methoxy groups -OCH3 is 1. The fourth-order valence-corrected chi connectivity index (χ4v) is 2.08. The molecule has 1 heterocycles. The molecule has 0 spiro atoms. The molecule has 1 fully saturated rings. The Morgan fingerprint density at radius 2 is 2.40 bits per heavy atom. The zero-order valence-electron chi connectivity index (χ0n) is 9.57. The van der Waals surface area contributed by atoms with Crippen LogP contribution in [-0.2, 0) is 14.3 Å². The van der Waals surface area contributed by atoms with Crippen molar-refractivity contribution in [2.24, 2.45) is 11.7 Å². The van der Waals surface area contributed by atoms with Crippen LogP contribution in [0.1, 0.15) is 32.6 Å². The van der Waals surface area contributed by atoms with E-state index in [9.17, 15) is 4.79 Å². The maximum absolute atomic E-state index is 11.3. The van der Waals surface area contributed by atoms with Gasteiger partial charge in [-0.05, 0) is 19.3 Å². The molecule has 15 heavy (non-hydrogen) atoms. The number of rotatable bonds is 5. The van der Waals surface area contributed by atoms with Crippen molar-refractivity contribution >= 4 is 5.97 Å². The Bertz CT molecular complexity index is 202. The molecular formula is C11H21NO3. The lowest BCUT2D eigenvalue weighted by atomic mass is 9.88. The van der Waals surface area contributed by atoms with Crippen LogP contribution in [0.15, 0.2) is 0 Å². The lowest BCUT2D eigenvalue weighted by Gasteiger charge is -2.26. The third kappa shape index (κ3) is 3.47. The van der Waals surface area contributed by atoms with Crippen molar-refractivity contribution in [3.05, 3.63) is 0 Å². The molecule has 0 aliphatic carbocycles. The van der Waals surface area contributed by atoms with Gasteiger partial charge in [-0.1, -0.05) is 6.92 Å². The fourth-order valence-electron chi connectivity index (χ4n) is 2.08. The van der Waals surface area contributed by atoms with Crippen molar-refractivity contribution in [3.63, 3.8) is 0 Å². The van der Waals surface area contributed by atoms with E-state index in [1.165, 1.54) is 7.11 Å². The largest absolute Gasteiger partial charge is 0.469 e. The minimum Gasteiger partial charge on any atom is -0.469 e. The van der Waals surface area contributed by atoms with Gasteiger partial charge < -0.3 is 15.2 Å². The van der Waals surface area contributed by atoms with Crippen molar-refractivity contribution in [2.75, 3.05) is 13.7 Å². The van der Waals surface area contributed by atoms with Gasteiger partial charge in [-0.2, -0.15) is 0 Å². The minimum absolute atomic E-state index is 0.0206. The van der Waals surface area contributed by atoms with Gasteiger partial charge in [0.05, 0.1) is 19.6 Å². The van der Waals surface area contributed by atoms with Gasteiger partial charge in [0.15, 0.2) is 0 Å². The average Bonchev–Trinajstić information content (AvgIpc) is 2.77. The zero-order valence-corrected chi connectivity index (χ0v) is 9.57. The number of esters is 1. The molecule has 2 N–H and O–H groups in total. The monoisotopic (exact) mass is 215 g/mol. The highest BCUT2D eigenvalue weighted by atomic mass is 16.5. The van der Waals surface area contributed by atoms with Gasteiger partial charge in [0.2, 0.25) is 0 Å². The molecule has 1 saturated heterocycles. The highest BCUT2D eigenvalue weighted by molar-refractivity contribution is 5.69. The quantitative estimate of drug-likeness (QED) is 0.697. The van der Waals surface area contributed by atoms with Crippen molar-refractivity contribution in [1.29, 1.82) is 0 Å². The molecule has 0 radical (unpaired) electrons. The van der Waals surface area contributed by atoms with E-state index in [1.54, 1.807) is 0 Å². The van der Waals surface area contributed by atoms with Crippen LogP contribution in [0.2, 0.25) is 0 Å². The molecule has 3 unspecified atom stereocenters. The van der Waals surface area contributed by atoms with E-state index in [4.69, 9.17) is 10.5 Å². The Morgan fingerprint density at radius 3 is 2.87 bits per heavy atom. The van der Waals surface area contributed by atoms with Crippen molar-refractivity contribution < 1.29 is 14.3 Å². The molecule has 0 saturated carbocycles. The maximum atomic E-state index is 11.3. The second kappa shape index (κ2) is 6.08. The molecule has 4 heteroatoms. The lowest BCUT2D eigenvalue weighted by molar-refractivity contribution is -0.143. The first kappa shape index (κ1) is 12.5. The predicted molar refractivity (Wildman–Crippen MR) is 57.4 cm³/mol. The van der Waals surface area contributed by atoms with Crippen LogP contribution in [-0.4, -0.2) is 31.8 Å². The molecule has 1 aliphatic heterocycles. The Kier molecular flexibility index (Phi) is 5.05. The number of hydrogen-bond donors (Lipinski definition) is 1. The highest BCUT2D eigenvalue weighted by Gasteiger charge is 2.31. The van der Waals surface area contributed by atoms with Crippen LogP contribution in [0, 0.1) is 5.92 Å². The third-order valence-corrected chi connectivity index (χ3v) is 3.09. The second-order valence-corrected chi connectivity index (χ2v) is 4.07. The fraction of sp³-hybridized carbons (Fsp3) is 0.909. The summed E-state index contributed by atoms with van der Waals surface area (Å²) in [6.45, 7) is 2.82. The van der Waals surface area contributed by atoms with Crippen LogP contribution in [0.5, 0.6) is 0 Å². The summed E-state index contributed by atoms with van der Waals surface area (Å²) in [5, 5.41) is 0. The third-order valence-electron chi connectivity index (χ3n) is 3.09. The van der Waals surface area contributed by atoms with Crippen molar-refractivity contribution in [2.45, 2.75) is 44.8 Å². The highest BCUT2D eigenvalue weighted by Crippen LogP contribution is 2.26. The van der Waals surface area contributed by atoms with Gasteiger partial charge in [-0.3, -0.25) is 4.79 Å². The van der Waals surface area contributed by atoms with Crippen LogP contribution in [0.3, 0.4) is 0 Å². The number of nitrogens with two attached hydrogens (primary N) is 1. The van der Waals surface area contributed by atoms with E-state index >= 15 is 0 Å². The molecule has 1 rings (SSSR count). The van der Waals surface area contributed by atoms with E-state index in [1.807, 2.05) is 6.92 Å². The lowest BCUT2D eigenvalue weighted by Crippen LogP contribution is -2.39. The van der Waals surface area contributed by atoms with Gasteiger partial charge in [-0.15, -0.1) is 0 Å². The molecule has 0 amide bonds. The van der Waals surface area contributed by atoms with Gasteiger partial charge in [0.1, 0.15) is 0 Å². The minimum atomic E-state index is -0.195. The standard InChI is InChI=1S/C11H21NO3/c1-3-9(12)8(7-11(13)14-2)10-5-4-6-15-10/h8-10H,3-7,12H2,1-2H3. The van der Waals surface area contributed by atoms with Crippen LogP contribution < -0.4 is 5.73 Å². The zero-order chi connectivity index (χ0) is 11.3.